The van der Waals surface area contributed by atoms with Crippen LogP contribution in [0.25, 0.3) is 0 Å². The number of hydrogen-bond acceptors (Lipinski definition) is 1. The van der Waals surface area contributed by atoms with Gasteiger partial charge in [-0.1, -0.05) is 37.0 Å². The van der Waals surface area contributed by atoms with Crippen LogP contribution < -0.4 is 0 Å². The Hall–Kier alpha value is -1.26. The first kappa shape index (κ1) is 9.83. The molecule has 1 heteroatoms. The van der Waals surface area contributed by atoms with Gasteiger partial charge < -0.3 is 5.11 Å². The average molecular weight is 174 g/mol. The monoisotopic (exact) mass is 174 g/mol. The average Bonchev–Trinajstić information content (AvgIpc) is 2.19. The molecule has 1 aromatic rings. The highest BCUT2D eigenvalue weighted by atomic mass is 16.3. The topological polar surface area (TPSA) is 20.2 Å². The molecule has 0 saturated heterocycles. The van der Waals surface area contributed by atoms with Gasteiger partial charge >= 0.3 is 0 Å². The summed E-state index contributed by atoms with van der Waals surface area (Å²) in [6, 6.07) is 9.88. The molecule has 0 spiro atoms. The Labute approximate surface area is 79.4 Å². The minimum atomic E-state index is 0.212. The molecule has 68 valence electrons. The lowest BCUT2D eigenvalue weighted by Crippen LogP contribution is -1.97. The standard InChI is InChI=1S/C12H14O/c1-11(10-13)6-5-9-12-7-3-2-4-8-12/h2-4,7-8,11,13H,6,10H2,1H3. The molecule has 0 saturated carbocycles. The van der Waals surface area contributed by atoms with Crippen LogP contribution in [-0.4, -0.2) is 11.7 Å². The van der Waals surface area contributed by atoms with Crippen molar-refractivity contribution in [2.75, 3.05) is 6.61 Å². The second-order valence-electron chi connectivity index (χ2n) is 3.16. The summed E-state index contributed by atoms with van der Waals surface area (Å²) in [6.45, 7) is 2.20. The molecule has 1 unspecified atom stereocenters. The van der Waals surface area contributed by atoms with E-state index in [9.17, 15) is 0 Å². The number of hydrogen-bond donors (Lipinski definition) is 1. The zero-order valence-electron chi connectivity index (χ0n) is 7.83. The Kier molecular flexibility index (Phi) is 4.08. The summed E-state index contributed by atoms with van der Waals surface area (Å²) in [5, 5.41) is 8.76. The predicted octanol–water partition coefficient (Wildman–Crippen LogP) is 2.06. The van der Waals surface area contributed by atoms with Crippen LogP contribution in [0.4, 0.5) is 0 Å². The van der Waals surface area contributed by atoms with Gasteiger partial charge in [0.15, 0.2) is 0 Å². The van der Waals surface area contributed by atoms with E-state index < -0.39 is 0 Å². The summed E-state index contributed by atoms with van der Waals surface area (Å²) in [6.07, 6.45) is 0.755. The molecule has 0 amide bonds. The van der Waals surface area contributed by atoms with E-state index in [4.69, 9.17) is 5.11 Å². The van der Waals surface area contributed by atoms with Crippen LogP contribution in [0, 0.1) is 17.8 Å². The second kappa shape index (κ2) is 5.40. The molecule has 1 N–H and O–H groups in total. The van der Waals surface area contributed by atoms with Gasteiger partial charge in [0.2, 0.25) is 0 Å². The molecule has 0 aliphatic carbocycles. The molecular formula is C12H14O. The molecule has 0 aromatic heterocycles. The number of benzene rings is 1. The first-order valence-electron chi connectivity index (χ1n) is 4.47. The Morgan fingerprint density at radius 3 is 2.62 bits per heavy atom. The van der Waals surface area contributed by atoms with E-state index in [1.54, 1.807) is 0 Å². The van der Waals surface area contributed by atoms with Gasteiger partial charge in [-0.3, -0.25) is 0 Å². The number of rotatable bonds is 2. The van der Waals surface area contributed by atoms with Crippen molar-refractivity contribution in [1.82, 2.24) is 0 Å². The van der Waals surface area contributed by atoms with Crippen LogP contribution in [0.3, 0.4) is 0 Å². The molecular weight excluding hydrogens is 160 g/mol. The van der Waals surface area contributed by atoms with Gasteiger partial charge in [0.25, 0.3) is 0 Å². The van der Waals surface area contributed by atoms with Crippen molar-refractivity contribution < 1.29 is 5.11 Å². The first-order chi connectivity index (χ1) is 6.33. The van der Waals surface area contributed by atoms with Gasteiger partial charge in [-0.2, -0.15) is 0 Å². The highest BCUT2D eigenvalue weighted by molar-refractivity contribution is 5.33. The van der Waals surface area contributed by atoms with Crippen molar-refractivity contribution in [3.8, 4) is 11.8 Å². The van der Waals surface area contributed by atoms with Crippen molar-refractivity contribution in [2.24, 2.45) is 5.92 Å². The molecule has 0 aliphatic heterocycles. The highest BCUT2D eigenvalue weighted by Crippen LogP contribution is 1.99. The Morgan fingerprint density at radius 1 is 1.31 bits per heavy atom. The lowest BCUT2D eigenvalue weighted by Gasteiger charge is -1.98. The van der Waals surface area contributed by atoms with E-state index in [-0.39, 0.29) is 12.5 Å². The Morgan fingerprint density at radius 2 is 2.00 bits per heavy atom. The first-order valence-corrected chi connectivity index (χ1v) is 4.47. The van der Waals surface area contributed by atoms with Crippen LogP contribution >= 0.6 is 0 Å². The van der Waals surface area contributed by atoms with Crippen LogP contribution in [0.5, 0.6) is 0 Å². The predicted molar refractivity (Wildman–Crippen MR) is 54.2 cm³/mol. The SMILES string of the molecule is CC(CO)CC#Cc1ccccc1. The fourth-order valence-corrected chi connectivity index (χ4v) is 0.913. The van der Waals surface area contributed by atoms with E-state index in [1.165, 1.54) is 0 Å². The summed E-state index contributed by atoms with van der Waals surface area (Å²) in [5.41, 5.74) is 1.03. The fourth-order valence-electron chi connectivity index (χ4n) is 0.913. The van der Waals surface area contributed by atoms with E-state index >= 15 is 0 Å². The molecule has 0 fully saturated rings. The third-order valence-corrected chi connectivity index (χ3v) is 1.77. The largest absolute Gasteiger partial charge is 0.396 e. The van der Waals surface area contributed by atoms with Crippen molar-refractivity contribution in [2.45, 2.75) is 13.3 Å². The summed E-state index contributed by atoms with van der Waals surface area (Å²) in [7, 11) is 0. The third kappa shape index (κ3) is 3.78. The Bertz CT molecular complexity index is 292. The minimum Gasteiger partial charge on any atom is -0.396 e. The van der Waals surface area contributed by atoms with Crippen molar-refractivity contribution in [3.63, 3.8) is 0 Å². The molecule has 0 radical (unpaired) electrons. The summed E-state index contributed by atoms with van der Waals surface area (Å²) >= 11 is 0. The molecule has 1 aromatic carbocycles. The highest BCUT2D eigenvalue weighted by Gasteiger charge is 1.94. The summed E-state index contributed by atoms with van der Waals surface area (Å²) in [4.78, 5) is 0. The van der Waals surface area contributed by atoms with E-state index in [0.717, 1.165) is 12.0 Å². The molecule has 1 rings (SSSR count). The smallest absolute Gasteiger partial charge is 0.0465 e. The van der Waals surface area contributed by atoms with Crippen LogP contribution in [0.2, 0.25) is 0 Å². The number of aliphatic hydroxyl groups is 1. The fraction of sp³-hybridized carbons (Fsp3) is 0.333. The molecule has 1 nitrogen and oxygen atoms in total. The van der Waals surface area contributed by atoms with Crippen LogP contribution in [0.15, 0.2) is 30.3 Å². The molecule has 13 heavy (non-hydrogen) atoms. The molecule has 0 aliphatic rings. The summed E-state index contributed by atoms with van der Waals surface area (Å²) < 4.78 is 0. The van der Waals surface area contributed by atoms with Crippen molar-refractivity contribution in [1.29, 1.82) is 0 Å². The van der Waals surface area contributed by atoms with Crippen LogP contribution in [-0.2, 0) is 0 Å². The normalized spacial score (nSPS) is 11.5. The van der Waals surface area contributed by atoms with Gasteiger partial charge in [-0.25, -0.2) is 0 Å². The maximum absolute atomic E-state index is 8.76. The van der Waals surface area contributed by atoms with Gasteiger partial charge in [0, 0.05) is 18.6 Å². The molecule has 0 bridgehead atoms. The summed E-state index contributed by atoms with van der Waals surface area (Å²) in [5.74, 6) is 6.37. The van der Waals surface area contributed by atoms with Crippen molar-refractivity contribution >= 4 is 0 Å². The molecule has 0 heterocycles. The van der Waals surface area contributed by atoms with Gasteiger partial charge in [0.05, 0.1) is 0 Å². The third-order valence-electron chi connectivity index (χ3n) is 1.77. The van der Waals surface area contributed by atoms with Gasteiger partial charge in [0.1, 0.15) is 0 Å². The van der Waals surface area contributed by atoms with E-state index in [0.29, 0.717) is 0 Å². The zero-order chi connectivity index (χ0) is 9.52. The zero-order valence-corrected chi connectivity index (χ0v) is 7.83. The van der Waals surface area contributed by atoms with Gasteiger partial charge in [-0.15, -0.1) is 0 Å². The second-order valence-corrected chi connectivity index (χ2v) is 3.16. The number of aliphatic hydroxyl groups excluding tert-OH is 1. The van der Waals surface area contributed by atoms with Crippen LogP contribution in [0.1, 0.15) is 18.9 Å². The lowest BCUT2D eigenvalue weighted by atomic mass is 10.1. The van der Waals surface area contributed by atoms with E-state index in [2.05, 4.69) is 11.8 Å². The quantitative estimate of drug-likeness (QED) is 0.680. The lowest BCUT2D eigenvalue weighted by molar-refractivity contribution is 0.240. The van der Waals surface area contributed by atoms with Crippen molar-refractivity contribution in [3.05, 3.63) is 35.9 Å². The maximum atomic E-state index is 8.76. The van der Waals surface area contributed by atoms with Gasteiger partial charge in [-0.05, 0) is 18.1 Å². The maximum Gasteiger partial charge on any atom is 0.0465 e. The minimum absolute atomic E-state index is 0.212. The molecule has 1 atom stereocenters. The Balaban J connectivity index is 2.49. The van der Waals surface area contributed by atoms with E-state index in [1.807, 2.05) is 37.3 Å².